The smallest absolute Gasteiger partial charge is 0.283 e. The Morgan fingerprint density at radius 1 is 1.44 bits per heavy atom. The molecule has 96 valence electrons. The average molecular weight is 267 g/mol. The van der Waals surface area contributed by atoms with E-state index < -0.39 is 10.0 Å². The Bertz CT molecular complexity index is 664. The number of sulfonamides is 1. The summed E-state index contributed by atoms with van der Waals surface area (Å²) in [7, 11) is -0.573. The van der Waals surface area contributed by atoms with E-state index in [4.69, 9.17) is 5.73 Å². The molecular formula is C10H13N5O2S. The fourth-order valence-corrected chi connectivity index (χ4v) is 2.66. The molecule has 0 saturated heterocycles. The van der Waals surface area contributed by atoms with E-state index in [1.54, 1.807) is 11.6 Å². The number of nitrogens with zero attached hydrogens (tertiary/aromatic N) is 4. The summed E-state index contributed by atoms with van der Waals surface area (Å²) in [5.74, 6) is 0. The average Bonchev–Trinajstić information content (AvgIpc) is 2.76. The molecule has 0 atom stereocenters. The molecule has 0 aromatic carbocycles. The minimum absolute atomic E-state index is 0.0243. The van der Waals surface area contributed by atoms with Crippen LogP contribution in [0.15, 0.2) is 36.0 Å². The van der Waals surface area contributed by atoms with E-state index >= 15 is 0 Å². The van der Waals surface area contributed by atoms with Gasteiger partial charge in [0.15, 0.2) is 5.03 Å². The summed E-state index contributed by atoms with van der Waals surface area (Å²) in [4.78, 5) is 7.66. The number of nitrogens with two attached hydrogens (primary N) is 1. The maximum Gasteiger partial charge on any atom is 0.283 e. The summed E-state index contributed by atoms with van der Waals surface area (Å²) in [6.45, 7) is 0. The Labute approximate surface area is 105 Å². The van der Waals surface area contributed by atoms with Crippen molar-refractivity contribution in [1.29, 1.82) is 0 Å². The molecule has 0 aliphatic carbocycles. The number of anilines is 2. The van der Waals surface area contributed by atoms with Crippen LogP contribution in [-0.4, -0.2) is 30.0 Å². The van der Waals surface area contributed by atoms with Crippen LogP contribution in [0, 0.1) is 0 Å². The van der Waals surface area contributed by atoms with Crippen LogP contribution in [0.4, 0.5) is 11.4 Å². The van der Waals surface area contributed by atoms with Gasteiger partial charge >= 0.3 is 0 Å². The zero-order valence-corrected chi connectivity index (χ0v) is 10.8. The van der Waals surface area contributed by atoms with Gasteiger partial charge in [0, 0.05) is 26.5 Å². The molecule has 0 radical (unpaired) electrons. The van der Waals surface area contributed by atoms with Crippen LogP contribution in [0.2, 0.25) is 0 Å². The van der Waals surface area contributed by atoms with Crippen molar-refractivity contribution in [3.05, 3.63) is 31.0 Å². The van der Waals surface area contributed by atoms with Crippen molar-refractivity contribution in [2.24, 2.45) is 7.05 Å². The first kappa shape index (κ1) is 12.4. The predicted octanol–water partition coefficient (Wildman–Crippen LogP) is 0.222. The van der Waals surface area contributed by atoms with Crippen LogP contribution in [0.1, 0.15) is 0 Å². The van der Waals surface area contributed by atoms with Crippen molar-refractivity contribution in [3.8, 4) is 0 Å². The molecule has 0 spiro atoms. The van der Waals surface area contributed by atoms with Gasteiger partial charge in [0.25, 0.3) is 10.0 Å². The van der Waals surface area contributed by atoms with Crippen LogP contribution in [0.5, 0.6) is 0 Å². The molecule has 2 rings (SSSR count). The second-order valence-corrected chi connectivity index (χ2v) is 5.70. The maximum absolute atomic E-state index is 12.3. The Morgan fingerprint density at radius 3 is 2.72 bits per heavy atom. The van der Waals surface area contributed by atoms with Gasteiger partial charge in [0.2, 0.25) is 0 Å². The number of hydrogen-bond acceptors (Lipinski definition) is 5. The minimum Gasteiger partial charge on any atom is -0.396 e. The third kappa shape index (κ3) is 2.02. The molecular weight excluding hydrogens is 254 g/mol. The lowest BCUT2D eigenvalue weighted by molar-refractivity contribution is 0.591. The van der Waals surface area contributed by atoms with E-state index in [0.717, 1.165) is 4.31 Å². The number of rotatable bonds is 3. The zero-order chi connectivity index (χ0) is 13.3. The summed E-state index contributed by atoms with van der Waals surface area (Å²) in [6.07, 6.45) is 5.75. The lowest BCUT2D eigenvalue weighted by atomic mass is 10.3. The summed E-state index contributed by atoms with van der Waals surface area (Å²) >= 11 is 0. The number of nitrogen functional groups attached to an aromatic ring is 1. The van der Waals surface area contributed by atoms with Gasteiger partial charge < -0.3 is 10.3 Å². The van der Waals surface area contributed by atoms with Crippen LogP contribution < -0.4 is 10.0 Å². The lowest BCUT2D eigenvalue weighted by Crippen LogP contribution is -2.27. The number of aromatic nitrogens is 3. The summed E-state index contributed by atoms with van der Waals surface area (Å²) in [5, 5.41) is -0.0243. The Balaban J connectivity index is 2.46. The van der Waals surface area contributed by atoms with Crippen LogP contribution in [0.25, 0.3) is 0 Å². The van der Waals surface area contributed by atoms with Gasteiger partial charge in [-0.3, -0.25) is 9.29 Å². The van der Waals surface area contributed by atoms with E-state index in [2.05, 4.69) is 9.97 Å². The quantitative estimate of drug-likeness (QED) is 0.858. The van der Waals surface area contributed by atoms with Crippen LogP contribution >= 0.6 is 0 Å². The van der Waals surface area contributed by atoms with E-state index in [1.807, 2.05) is 0 Å². The first-order valence-electron chi connectivity index (χ1n) is 5.09. The van der Waals surface area contributed by atoms with Gasteiger partial charge in [0.1, 0.15) is 0 Å². The van der Waals surface area contributed by atoms with E-state index in [0.29, 0.717) is 11.4 Å². The van der Waals surface area contributed by atoms with Gasteiger partial charge in [-0.05, 0) is 6.07 Å². The van der Waals surface area contributed by atoms with Crippen molar-refractivity contribution in [2.45, 2.75) is 5.03 Å². The third-order valence-corrected chi connectivity index (χ3v) is 4.13. The fourth-order valence-electron chi connectivity index (χ4n) is 1.48. The molecule has 2 aromatic rings. The van der Waals surface area contributed by atoms with E-state index in [9.17, 15) is 8.42 Å². The normalized spacial score (nSPS) is 11.4. The monoisotopic (exact) mass is 267 g/mol. The first-order valence-corrected chi connectivity index (χ1v) is 6.53. The van der Waals surface area contributed by atoms with Crippen molar-refractivity contribution in [3.63, 3.8) is 0 Å². The van der Waals surface area contributed by atoms with Gasteiger partial charge in [-0.15, -0.1) is 0 Å². The molecule has 0 fully saturated rings. The molecule has 0 bridgehead atoms. The number of pyridine rings is 1. The van der Waals surface area contributed by atoms with Crippen molar-refractivity contribution in [2.75, 3.05) is 17.1 Å². The second-order valence-electron chi connectivity index (χ2n) is 3.78. The van der Waals surface area contributed by atoms with E-state index in [1.165, 1.54) is 38.0 Å². The largest absolute Gasteiger partial charge is 0.396 e. The molecule has 0 saturated carbocycles. The predicted molar refractivity (Wildman–Crippen MR) is 67.4 cm³/mol. The molecule has 0 aliphatic heterocycles. The highest BCUT2D eigenvalue weighted by atomic mass is 32.2. The van der Waals surface area contributed by atoms with Crippen molar-refractivity contribution < 1.29 is 8.42 Å². The standard InChI is InChI=1S/C10H13N5O2S/c1-14-6-10(13-7-14)18(16,17)15(2)9-3-4-12-5-8(9)11/h3-7H,11H2,1-2H3. The Hall–Kier alpha value is -2.09. The molecule has 0 unspecified atom stereocenters. The SMILES string of the molecule is CN(c1ccncc1N)S(=O)(=O)c1cn(C)cn1. The molecule has 2 N–H and O–H groups in total. The molecule has 8 heteroatoms. The maximum atomic E-state index is 12.3. The number of imidazole rings is 1. The molecule has 0 aliphatic rings. The van der Waals surface area contributed by atoms with Gasteiger partial charge in [-0.25, -0.2) is 4.98 Å². The second kappa shape index (κ2) is 4.30. The molecule has 7 nitrogen and oxygen atoms in total. The molecule has 2 aromatic heterocycles. The van der Waals surface area contributed by atoms with Gasteiger partial charge in [-0.1, -0.05) is 0 Å². The summed E-state index contributed by atoms with van der Waals surface area (Å²) in [5.41, 5.74) is 6.37. The third-order valence-electron chi connectivity index (χ3n) is 2.47. The topological polar surface area (TPSA) is 94.1 Å². The van der Waals surface area contributed by atoms with E-state index in [-0.39, 0.29) is 5.03 Å². The van der Waals surface area contributed by atoms with Crippen molar-refractivity contribution in [1.82, 2.24) is 14.5 Å². The molecule has 2 heterocycles. The van der Waals surface area contributed by atoms with Crippen LogP contribution in [-0.2, 0) is 17.1 Å². The Kier molecular flexibility index (Phi) is 2.95. The highest BCUT2D eigenvalue weighted by Gasteiger charge is 2.24. The number of hydrogen-bond donors (Lipinski definition) is 1. The first-order chi connectivity index (χ1) is 8.43. The Morgan fingerprint density at radius 2 is 2.17 bits per heavy atom. The van der Waals surface area contributed by atoms with Crippen molar-refractivity contribution >= 4 is 21.4 Å². The highest BCUT2D eigenvalue weighted by molar-refractivity contribution is 7.92. The van der Waals surface area contributed by atoms with Gasteiger partial charge in [0.05, 0.1) is 23.9 Å². The molecule has 18 heavy (non-hydrogen) atoms. The van der Waals surface area contributed by atoms with Crippen LogP contribution in [0.3, 0.4) is 0 Å². The lowest BCUT2D eigenvalue weighted by Gasteiger charge is -2.19. The summed E-state index contributed by atoms with van der Waals surface area (Å²) in [6, 6.07) is 1.54. The summed E-state index contributed by atoms with van der Waals surface area (Å²) < 4.78 is 27.2. The molecule has 0 amide bonds. The fraction of sp³-hybridized carbons (Fsp3) is 0.200. The minimum atomic E-state index is -3.70. The van der Waals surface area contributed by atoms with Gasteiger partial charge in [-0.2, -0.15) is 8.42 Å². The number of aryl methyl sites for hydroxylation is 1. The highest BCUT2D eigenvalue weighted by Crippen LogP contribution is 2.25. The zero-order valence-electron chi connectivity index (χ0n) is 9.98.